The van der Waals surface area contributed by atoms with Gasteiger partial charge in [0.25, 0.3) is 0 Å². The van der Waals surface area contributed by atoms with E-state index in [1.165, 1.54) is 0 Å². The Labute approximate surface area is 150 Å². The second-order valence-corrected chi connectivity index (χ2v) is 6.90. The SMILES string of the molecule is Cc1cc(N)n(CC(=O)N(Cc2ccccc2)Cc2scnc2C)n1. The molecule has 130 valence electrons. The molecular weight excluding hydrogens is 334 g/mol. The first-order chi connectivity index (χ1) is 12.0. The Morgan fingerprint density at radius 3 is 2.60 bits per heavy atom. The molecule has 0 aliphatic heterocycles. The maximum Gasteiger partial charge on any atom is 0.245 e. The predicted molar refractivity (Wildman–Crippen MR) is 98.9 cm³/mol. The first-order valence-corrected chi connectivity index (χ1v) is 8.91. The van der Waals surface area contributed by atoms with Gasteiger partial charge in [0, 0.05) is 17.5 Å². The molecule has 1 aromatic carbocycles. The van der Waals surface area contributed by atoms with Gasteiger partial charge in [-0.25, -0.2) is 9.67 Å². The molecule has 2 heterocycles. The van der Waals surface area contributed by atoms with Crippen LogP contribution in [0.25, 0.3) is 0 Å². The summed E-state index contributed by atoms with van der Waals surface area (Å²) in [6.45, 7) is 5.03. The maximum atomic E-state index is 12.9. The standard InChI is InChI=1S/C18H21N5OS/c1-13-8-17(19)23(21-13)11-18(24)22(9-15-6-4-3-5-7-15)10-16-14(2)20-12-25-16/h3-8,12H,9-11,19H2,1-2H3. The Morgan fingerprint density at radius 1 is 1.24 bits per heavy atom. The van der Waals surface area contributed by atoms with Crippen molar-refractivity contribution in [2.75, 3.05) is 5.73 Å². The smallest absolute Gasteiger partial charge is 0.245 e. The van der Waals surface area contributed by atoms with Crippen molar-refractivity contribution in [2.24, 2.45) is 0 Å². The fourth-order valence-electron chi connectivity index (χ4n) is 2.61. The third-order valence-electron chi connectivity index (χ3n) is 3.97. The minimum Gasteiger partial charge on any atom is -0.384 e. The number of nitrogens with zero attached hydrogens (tertiary/aromatic N) is 4. The number of thiazole rings is 1. The Balaban J connectivity index is 1.80. The van der Waals surface area contributed by atoms with Crippen LogP contribution in [-0.2, 0) is 24.4 Å². The molecule has 3 aromatic rings. The van der Waals surface area contributed by atoms with Gasteiger partial charge in [-0.3, -0.25) is 4.79 Å². The van der Waals surface area contributed by atoms with Crippen LogP contribution in [0.15, 0.2) is 41.9 Å². The van der Waals surface area contributed by atoms with Gasteiger partial charge in [-0.05, 0) is 19.4 Å². The van der Waals surface area contributed by atoms with Crippen molar-refractivity contribution < 1.29 is 4.79 Å². The van der Waals surface area contributed by atoms with E-state index < -0.39 is 0 Å². The number of hydrogen-bond donors (Lipinski definition) is 1. The van der Waals surface area contributed by atoms with E-state index in [0.717, 1.165) is 21.8 Å². The van der Waals surface area contributed by atoms with Crippen molar-refractivity contribution in [3.63, 3.8) is 0 Å². The molecule has 25 heavy (non-hydrogen) atoms. The lowest BCUT2D eigenvalue weighted by molar-refractivity contribution is -0.133. The molecule has 0 atom stereocenters. The summed E-state index contributed by atoms with van der Waals surface area (Å²) < 4.78 is 1.55. The fraction of sp³-hybridized carbons (Fsp3) is 0.278. The Bertz CT molecular complexity index is 855. The molecule has 0 radical (unpaired) electrons. The molecule has 7 heteroatoms. The van der Waals surface area contributed by atoms with Crippen LogP contribution in [0.1, 0.15) is 21.8 Å². The molecule has 0 saturated heterocycles. The van der Waals surface area contributed by atoms with Crippen LogP contribution in [-0.4, -0.2) is 25.6 Å². The highest BCUT2D eigenvalue weighted by Crippen LogP contribution is 2.18. The highest BCUT2D eigenvalue weighted by Gasteiger charge is 2.18. The number of amides is 1. The largest absolute Gasteiger partial charge is 0.384 e. The lowest BCUT2D eigenvalue weighted by Gasteiger charge is -2.23. The highest BCUT2D eigenvalue weighted by molar-refractivity contribution is 7.09. The number of nitrogen functional groups attached to an aromatic ring is 1. The number of aromatic nitrogens is 3. The Morgan fingerprint density at radius 2 is 2.00 bits per heavy atom. The third-order valence-corrected chi connectivity index (χ3v) is 4.89. The monoisotopic (exact) mass is 355 g/mol. The van der Waals surface area contributed by atoms with Crippen LogP contribution in [0.2, 0.25) is 0 Å². The number of anilines is 1. The Hall–Kier alpha value is -2.67. The molecule has 0 aliphatic carbocycles. The van der Waals surface area contributed by atoms with Gasteiger partial charge < -0.3 is 10.6 Å². The van der Waals surface area contributed by atoms with E-state index in [0.29, 0.717) is 18.9 Å². The van der Waals surface area contributed by atoms with Gasteiger partial charge in [-0.15, -0.1) is 11.3 Å². The molecule has 0 aliphatic rings. The topological polar surface area (TPSA) is 77.0 Å². The normalized spacial score (nSPS) is 10.8. The molecule has 6 nitrogen and oxygen atoms in total. The number of carbonyl (C=O) groups is 1. The zero-order valence-corrected chi connectivity index (χ0v) is 15.2. The second kappa shape index (κ2) is 7.48. The maximum absolute atomic E-state index is 12.9. The van der Waals surface area contributed by atoms with Gasteiger partial charge in [-0.1, -0.05) is 30.3 Å². The van der Waals surface area contributed by atoms with Gasteiger partial charge >= 0.3 is 0 Å². The van der Waals surface area contributed by atoms with Crippen molar-refractivity contribution in [1.82, 2.24) is 19.7 Å². The summed E-state index contributed by atoms with van der Waals surface area (Å²) in [4.78, 5) is 20.1. The minimum atomic E-state index is -0.0218. The van der Waals surface area contributed by atoms with Crippen molar-refractivity contribution in [2.45, 2.75) is 33.5 Å². The lowest BCUT2D eigenvalue weighted by Crippen LogP contribution is -2.33. The predicted octanol–water partition coefficient (Wildman–Crippen LogP) is 2.77. The summed E-state index contributed by atoms with van der Waals surface area (Å²) in [5.74, 6) is 0.478. The van der Waals surface area contributed by atoms with E-state index >= 15 is 0 Å². The molecular formula is C18H21N5OS. The zero-order chi connectivity index (χ0) is 17.8. The lowest BCUT2D eigenvalue weighted by atomic mass is 10.2. The number of rotatable bonds is 6. The number of benzene rings is 1. The summed E-state index contributed by atoms with van der Waals surface area (Å²) >= 11 is 1.57. The number of nitrogens with two attached hydrogens (primary N) is 1. The van der Waals surface area contributed by atoms with Crippen LogP contribution in [0, 0.1) is 13.8 Å². The zero-order valence-electron chi connectivity index (χ0n) is 14.3. The highest BCUT2D eigenvalue weighted by atomic mass is 32.1. The summed E-state index contributed by atoms with van der Waals surface area (Å²) in [6.07, 6.45) is 0. The van der Waals surface area contributed by atoms with E-state index in [-0.39, 0.29) is 12.5 Å². The van der Waals surface area contributed by atoms with Gasteiger partial charge in [0.1, 0.15) is 12.4 Å². The van der Waals surface area contributed by atoms with E-state index in [9.17, 15) is 4.79 Å². The summed E-state index contributed by atoms with van der Waals surface area (Å²) in [6, 6.07) is 11.7. The van der Waals surface area contributed by atoms with E-state index in [4.69, 9.17) is 5.73 Å². The molecule has 0 saturated carbocycles. The quantitative estimate of drug-likeness (QED) is 0.737. The Kier molecular flexibility index (Phi) is 5.14. The van der Waals surface area contributed by atoms with Gasteiger partial charge in [0.15, 0.2) is 0 Å². The molecule has 2 aromatic heterocycles. The average Bonchev–Trinajstić information content (AvgIpc) is 3.13. The van der Waals surface area contributed by atoms with Crippen molar-refractivity contribution in [1.29, 1.82) is 0 Å². The van der Waals surface area contributed by atoms with Crippen LogP contribution >= 0.6 is 11.3 Å². The van der Waals surface area contributed by atoms with Crippen molar-refractivity contribution >= 4 is 23.1 Å². The molecule has 3 rings (SSSR count). The molecule has 0 unspecified atom stereocenters. The summed E-state index contributed by atoms with van der Waals surface area (Å²) in [5.41, 5.74) is 10.6. The first-order valence-electron chi connectivity index (χ1n) is 8.03. The van der Waals surface area contributed by atoms with Crippen LogP contribution in [0.3, 0.4) is 0 Å². The minimum absolute atomic E-state index is 0.0218. The summed E-state index contributed by atoms with van der Waals surface area (Å²) in [7, 11) is 0. The molecule has 2 N–H and O–H groups in total. The van der Waals surface area contributed by atoms with Crippen LogP contribution < -0.4 is 5.73 Å². The van der Waals surface area contributed by atoms with Crippen molar-refractivity contribution in [3.8, 4) is 0 Å². The number of hydrogen-bond acceptors (Lipinski definition) is 5. The van der Waals surface area contributed by atoms with E-state index in [1.54, 1.807) is 22.1 Å². The van der Waals surface area contributed by atoms with Crippen molar-refractivity contribution in [3.05, 3.63) is 63.7 Å². The molecule has 0 fully saturated rings. The third kappa shape index (κ3) is 4.24. The first kappa shape index (κ1) is 17.2. The van der Waals surface area contributed by atoms with Crippen LogP contribution in [0.5, 0.6) is 0 Å². The molecule has 0 spiro atoms. The second-order valence-electron chi connectivity index (χ2n) is 5.96. The van der Waals surface area contributed by atoms with Gasteiger partial charge in [-0.2, -0.15) is 5.10 Å². The number of carbonyl (C=O) groups excluding carboxylic acids is 1. The van der Waals surface area contributed by atoms with Gasteiger partial charge in [0.05, 0.1) is 23.4 Å². The van der Waals surface area contributed by atoms with E-state index in [2.05, 4.69) is 10.1 Å². The van der Waals surface area contributed by atoms with Gasteiger partial charge in [0.2, 0.25) is 5.91 Å². The average molecular weight is 355 g/mol. The fourth-order valence-corrected chi connectivity index (χ4v) is 3.40. The summed E-state index contributed by atoms with van der Waals surface area (Å²) in [5, 5.41) is 4.29. The molecule has 1 amide bonds. The molecule has 0 bridgehead atoms. The number of aryl methyl sites for hydroxylation is 2. The van der Waals surface area contributed by atoms with E-state index in [1.807, 2.05) is 54.6 Å². The van der Waals surface area contributed by atoms with Crippen LogP contribution in [0.4, 0.5) is 5.82 Å².